The Morgan fingerprint density at radius 3 is 2.79 bits per heavy atom. The first kappa shape index (κ1) is 16.6. The lowest BCUT2D eigenvalue weighted by Gasteiger charge is -2.35. The fourth-order valence-corrected chi connectivity index (χ4v) is 3.19. The number of hydrogen-bond donors (Lipinski definition) is 1. The fourth-order valence-electron chi connectivity index (χ4n) is 3.19. The van der Waals surface area contributed by atoms with E-state index in [1.807, 2.05) is 0 Å². The van der Waals surface area contributed by atoms with Crippen molar-refractivity contribution in [1.82, 2.24) is 5.32 Å². The average molecular weight is 303 g/mol. The van der Waals surface area contributed by atoms with E-state index in [2.05, 4.69) is 34.5 Å². The van der Waals surface area contributed by atoms with Crippen molar-refractivity contribution in [2.45, 2.75) is 25.7 Å². The van der Waals surface area contributed by atoms with E-state index >= 15 is 0 Å². The van der Waals surface area contributed by atoms with Crippen LogP contribution in [0.25, 0.3) is 0 Å². The third-order valence-corrected chi connectivity index (χ3v) is 4.08. The van der Waals surface area contributed by atoms with Crippen LogP contribution in [0.2, 0.25) is 0 Å². The van der Waals surface area contributed by atoms with Gasteiger partial charge in [0.25, 0.3) is 0 Å². The minimum absolute atomic E-state index is 0. The van der Waals surface area contributed by atoms with Crippen LogP contribution in [0, 0.1) is 5.92 Å². The molecule has 2 aliphatic heterocycles. The summed E-state index contributed by atoms with van der Waals surface area (Å²) in [7, 11) is 0. The second kappa shape index (κ2) is 7.98. The topological polar surface area (TPSA) is 15.3 Å². The molecule has 1 unspecified atom stereocenters. The Morgan fingerprint density at radius 1 is 1.16 bits per heavy atom. The number of benzene rings is 1. The number of aryl methyl sites for hydroxylation is 1. The Kier molecular flexibility index (Phi) is 6.98. The summed E-state index contributed by atoms with van der Waals surface area (Å²) in [5.74, 6) is 0.843. The van der Waals surface area contributed by atoms with Gasteiger partial charge >= 0.3 is 0 Å². The quantitative estimate of drug-likeness (QED) is 0.902. The molecule has 1 fully saturated rings. The van der Waals surface area contributed by atoms with Gasteiger partial charge in [-0.05, 0) is 56.3 Å². The number of piperidine rings is 1. The van der Waals surface area contributed by atoms with E-state index in [1.54, 1.807) is 5.56 Å². The smallest absolute Gasteiger partial charge is 0.0398 e. The lowest BCUT2D eigenvalue weighted by Crippen LogP contribution is -2.40. The number of nitrogens with one attached hydrogen (secondary N) is 1. The molecule has 0 amide bonds. The van der Waals surface area contributed by atoms with Gasteiger partial charge in [0.1, 0.15) is 0 Å². The third-order valence-electron chi connectivity index (χ3n) is 4.08. The molecule has 4 heteroatoms. The van der Waals surface area contributed by atoms with Crippen molar-refractivity contribution in [3.05, 3.63) is 29.8 Å². The lowest BCUT2D eigenvalue weighted by atomic mass is 9.96. The van der Waals surface area contributed by atoms with Gasteiger partial charge in [-0.2, -0.15) is 0 Å². The van der Waals surface area contributed by atoms with Gasteiger partial charge in [-0.3, -0.25) is 0 Å². The number of hydrogen-bond acceptors (Lipinski definition) is 2. The first-order chi connectivity index (χ1) is 8.43. The fraction of sp³-hybridized carbons (Fsp3) is 0.600. The Bertz CT molecular complexity index is 378. The van der Waals surface area contributed by atoms with Gasteiger partial charge in [0.2, 0.25) is 0 Å². The highest BCUT2D eigenvalue weighted by Crippen LogP contribution is 2.28. The van der Waals surface area contributed by atoms with Gasteiger partial charge in [-0.1, -0.05) is 18.2 Å². The molecule has 1 N–H and O–H groups in total. The number of anilines is 1. The second-order valence-electron chi connectivity index (χ2n) is 5.39. The summed E-state index contributed by atoms with van der Waals surface area (Å²) >= 11 is 0. The first-order valence-electron chi connectivity index (χ1n) is 6.97. The molecular formula is C15H24Cl2N2. The van der Waals surface area contributed by atoms with E-state index in [9.17, 15) is 0 Å². The highest BCUT2D eigenvalue weighted by molar-refractivity contribution is 5.85. The Balaban J connectivity index is 0.000000902. The predicted molar refractivity (Wildman–Crippen MR) is 87.1 cm³/mol. The van der Waals surface area contributed by atoms with Crippen molar-refractivity contribution in [3.8, 4) is 0 Å². The molecule has 0 bridgehead atoms. The van der Waals surface area contributed by atoms with Crippen molar-refractivity contribution in [2.75, 3.05) is 31.1 Å². The molecule has 1 aromatic rings. The van der Waals surface area contributed by atoms with Crippen LogP contribution in [-0.2, 0) is 6.42 Å². The van der Waals surface area contributed by atoms with Crippen LogP contribution in [-0.4, -0.2) is 26.2 Å². The van der Waals surface area contributed by atoms with Crippen LogP contribution < -0.4 is 10.2 Å². The van der Waals surface area contributed by atoms with Crippen molar-refractivity contribution in [2.24, 2.45) is 5.92 Å². The molecule has 2 aliphatic rings. The minimum Gasteiger partial charge on any atom is -0.371 e. The van der Waals surface area contributed by atoms with Gasteiger partial charge in [0.05, 0.1) is 0 Å². The van der Waals surface area contributed by atoms with E-state index in [1.165, 1.54) is 57.5 Å². The summed E-state index contributed by atoms with van der Waals surface area (Å²) in [5.41, 5.74) is 3.03. The van der Waals surface area contributed by atoms with E-state index < -0.39 is 0 Å². The molecule has 108 valence electrons. The highest BCUT2D eigenvalue weighted by Gasteiger charge is 2.21. The zero-order chi connectivity index (χ0) is 11.5. The van der Waals surface area contributed by atoms with Crippen molar-refractivity contribution in [3.63, 3.8) is 0 Å². The molecule has 1 atom stereocenters. The Hall–Kier alpha value is -0.440. The maximum Gasteiger partial charge on any atom is 0.0398 e. The maximum absolute atomic E-state index is 3.52. The summed E-state index contributed by atoms with van der Waals surface area (Å²) in [4.78, 5) is 2.61. The Labute approximate surface area is 128 Å². The molecule has 0 aliphatic carbocycles. The van der Waals surface area contributed by atoms with Crippen LogP contribution in [0.15, 0.2) is 24.3 Å². The van der Waals surface area contributed by atoms with Crippen molar-refractivity contribution in [1.29, 1.82) is 0 Å². The van der Waals surface area contributed by atoms with Gasteiger partial charge < -0.3 is 10.2 Å². The lowest BCUT2D eigenvalue weighted by molar-refractivity contribution is 0.374. The zero-order valence-corrected chi connectivity index (χ0v) is 12.9. The summed E-state index contributed by atoms with van der Waals surface area (Å²) in [5, 5.41) is 3.52. The van der Waals surface area contributed by atoms with Crippen LogP contribution in [0.5, 0.6) is 0 Å². The summed E-state index contributed by atoms with van der Waals surface area (Å²) in [6.45, 7) is 4.91. The number of para-hydroxylation sites is 1. The molecule has 0 radical (unpaired) electrons. The van der Waals surface area contributed by atoms with Crippen molar-refractivity contribution < 1.29 is 0 Å². The molecule has 3 rings (SSSR count). The van der Waals surface area contributed by atoms with Crippen LogP contribution >= 0.6 is 24.8 Å². The second-order valence-corrected chi connectivity index (χ2v) is 5.39. The summed E-state index contributed by atoms with van der Waals surface area (Å²) in [6.07, 6.45) is 5.32. The molecular weight excluding hydrogens is 279 g/mol. The zero-order valence-electron chi connectivity index (χ0n) is 11.3. The minimum atomic E-state index is 0. The largest absolute Gasteiger partial charge is 0.371 e. The first-order valence-corrected chi connectivity index (χ1v) is 6.97. The van der Waals surface area contributed by atoms with E-state index in [-0.39, 0.29) is 24.8 Å². The number of nitrogens with zero attached hydrogens (tertiary/aromatic N) is 1. The molecule has 0 spiro atoms. The van der Waals surface area contributed by atoms with Crippen LogP contribution in [0.3, 0.4) is 0 Å². The third kappa shape index (κ3) is 4.01. The number of rotatable bonds is 2. The molecule has 1 aromatic carbocycles. The number of halogens is 2. The monoisotopic (exact) mass is 302 g/mol. The van der Waals surface area contributed by atoms with Crippen molar-refractivity contribution >= 4 is 30.5 Å². The number of fused-ring (bicyclic) bond motifs is 1. The molecule has 2 heterocycles. The van der Waals surface area contributed by atoms with Gasteiger partial charge in [0.15, 0.2) is 0 Å². The molecule has 19 heavy (non-hydrogen) atoms. The average Bonchev–Trinajstić information content (AvgIpc) is 2.40. The maximum atomic E-state index is 3.52. The molecule has 0 saturated carbocycles. The SMILES string of the molecule is Cl.Cl.c1ccc2c(c1)CCCN2CC1CCCNC1. The summed E-state index contributed by atoms with van der Waals surface area (Å²) in [6, 6.07) is 8.94. The molecule has 0 aromatic heterocycles. The van der Waals surface area contributed by atoms with E-state index in [0.717, 1.165) is 5.92 Å². The standard InChI is InChI=1S/C15H22N2.2ClH/c1-2-8-15-14(6-1)7-4-10-17(15)12-13-5-3-9-16-11-13;;/h1-2,6,8,13,16H,3-5,7,9-12H2;2*1H. The van der Waals surface area contributed by atoms with Crippen LogP contribution in [0.1, 0.15) is 24.8 Å². The summed E-state index contributed by atoms with van der Waals surface area (Å²) < 4.78 is 0. The van der Waals surface area contributed by atoms with E-state index in [4.69, 9.17) is 0 Å². The highest BCUT2D eigenvalue weighted by atomic mass is 35.5. The van der Waals surface area contributed by atoms with E-state index in [0.29, 0.717) is 0 Å². The van der Waals surface area contributed by atoms with Gasteiger partial charge in [0, 0.05) is 18.8 Å². The molecule has 2 nitrogen and oxygen atoms in total. The Morgan fingerprint density at radius 2 is 2.00 bits per heavy atom. The normalized spacial score (nSPS) is 21.9. The van der Waals surface area contributed by atoms with Gasteiger partial charge in [-0.25, -0.2) is 0 Å². The van der Waals surface area contributed by atoms with Crippen LogP contribution in [0.4, 0.5) is 5.69 Å². The van der Waals surface area contributed by atoms with Gasteiger partial charge in [-0.15, -0.1) is 24.8 Å². The molecule has 1 saturated heterocycles. The predicted octanol–water partition coefficient (Wildman–Crippen LogP) is 3.28.